The quantitative estimate of drug-likeness (QED) is 0.409. The van der Waals surface area contributed by atoms with Crippen molar-refractivity contribution in [2.45, 2.75) is 0 Å². The van der Waals surface area contributed by atoms with E-state index in [0.29, 0.717) is 17.1 Å². The third-order valence-corrected chi connectivity index (χ3v) is 4.04. The number of hydrazone groups is 1. The van der Waals surface area contributed by atoms with Gasteiger partial charge in [0, 0.05) is 21.2 Å². The van der Waals surface area contributed by atoms with Gasteiger partial charge in [0.05, 0.1) is 6.21 Å². The molecule has 0 spiro atoms. The zero-order chi connectivity index (χ0) is 17.8. The van der Waals surface area contributed by atoms with Crippen LogP contribution in [0.25, 0.3) is 0 Å². The third-order valence-electron chi connectivity index (χ3n) is 3.35. The minimum atomic E-state index is -0.706. The van der Waals surface area contributed by atoms with Gasteiger partial charge in [-0.15, -0.1) is 0 Å². The molecule has 2 aromatic carbocycles. The highest BCUT2D eigenvalue weighted by molar-refractivity contribution is 9.10. The molecule has 0 saturated carbocycles. The maximum Gasteiger partial charge on any atom is 0.274 e. The van der Waals surface area contributed by atoms with Crippen LogP contribution < -0.4 is 20.4 Å². The van der Waals surface area contributed by atoms with Gasteiger partial charge in [0.15, 0.2) is 11.5 Å². The van der Waals surface area contributed by atoms with Crippen molar-refractivity contribution in [1.82, 2.24) is 10.9 Å². The van der Waals surface area contributed by atoms with Crippen molar-refractivity contribution in [3.8, 4) is 11.5 Å². The standard InChI is InChI=1S/C16H12BrN3O5/c17-12-6-14-13(24-8-25-14)5-11(12)7-18-19-15(21)9-2-1-3-10(4-9)16(22)20-23/h1-7,23H,8H2,(H,19,21)(H,20,22)/b18-7+. The van der Waals surface area contributed by atoms with Crippen LogP contribution in [0.3, 0.4) is 0 Å². The van der Waals surface area contributed by atoms with E-state index in [1.165, 1.54) is 36.0 Å². The fourth-order valence-electron chi connectivity index (χ4n) is 2.12. The lowest BCUT2D eigenvalue weighted by molar-refractivity contribution is 0.0706. The van der Waals surface area contributed by atoms with Crippen molar-refractivity contribution in [3.05, 3.63) is 57.6 Å². The fourth-order valence-corrected chi connectivity index (χ4v) is 2.55. The van der Waals surface area contributed by atoms with Gasteiger partial charge < -0.3 is 9.47 Å². The molecule has 0 unspecified atom stereocenters. The van der Waals surface area contributed by atoms with Gasteiger partial charge in [0.1, 0.15) is 0 Å². The van der Waals surface area contributed by atoms with Gasteiger partial charge >= 0.3 is 0 Å². The molecule has 0 bridgehead atoms. The number of rotatable bonds is 4. The van der Waals surface area contributed by atoms with Gasteiger partial charge in [0.2, 0.25) is 6.79 Å². The molecule has 1 aliphatic heterocycles. The van der Waals surface area contributed by atoms with Crippen LogP contribution >= 0.6 is 15.9 Å². The lowest BCUT2D eigenvalue weighted by Gasteiger charge is -2.04. The average Bonchev–Trinajstić information content (AvgIpc) is 3.08. The summed E-state index contributed by atoms with van der Waals surface area (Å²) in [5.74, 6) is 0.0221. The monoisotopic (exact) mass is 405 g/mol. The normalized spacial score (nSPS) is 12.2. The predicted octanol–water partition coefficient (Wildman–Crippen LogP) is 2.06. The number of carbonyl (C=O) groups excluding carboxylic acids is 2. The van der Waals surface area contributed by atoms with Crippen LogP contribution in [0.1, 0.15) is 26.3 Å². The Kier molecular flexibility index (Phi) is 4.96. The molecular formula is C16H12BrN3O5. The zero-order valence-corrected chi connectivity index (χ0v) is 14.2. The molecule has 0 atom stereocenters. The molecule has 1 heterocycles. The highest BCUT2D eigenvalue weighted by Gasteiger charge is 2.15. The summed E-state index contributed by atoms with van der Waals surface area (Å²) < 4.78 is 11.3. The highest BCUT2D eigenvalue weighted by atomic mass is 79.9. The van der Waals surface area contributed by atoms with E-state index in [0.717, 1.165) is 4.47 Å². The first-order chi connectivity index (χ1) is 12.1. The molecule has 8 nitrogen and oxygen atoms in total. The topological polar surface area (TPSA) is 109 Å². The Balaban J connectivity index is 1.70. The van der Waals surface area contributed by atoms with Crippen LogP contribution in [-0.4, -0.2) is 30.0 Å². The summed E-state index contributed by atoms with van der Waals surface area (Å²) in [7, 11) is 0. The number of hydroxylamine groups is 1. The van der Waals surface area contributed by atoms with Gasteiger partial charge in [0.25, 0.3) is 11.8 Å². The summed E-state index contributed by atoms with van der Waals surface area (Å²) in [6, 6.07) is 9.34. The average molecular weight is 406 g/mol. The van der Waals surface area contributed by atoms with E-state index in [4.69, 9.17) is 14.7 Å². The summed E-state index contributed by atoms with van der Waals surface area (Å²) >= 11 is 3.39. The molecule has 0 saturated heterocycles. The Labute approximate surface area is 150 Å². The number of nitrogens with zero attached hydrogens (tertiary/aromatic N) is 1. The number of hydrogen-bond acceptors (Lipinski definition) is 6. The second-order valence-electron chi connectivity index (χ2n) is 4.95. The number of benzene rings is 2. The summed E-state index contributed by atoms with van der Waals surface area (Å²) in [6.45, 7) is 0.164. The van der Waals surface area contributed by atoms with Gasteiger partial charge in [-0.3, -0.25) is 14.8 Å². The molecule has 2 aromatic rings. The molecule has 0 fully saturated rings. The van der Waals surface area contributed by atoms with Crippen molar-refractivity contribution in [2.24, 2.45) is 5.10 Å². The number of nitrogens with one attached hydrogen (secondary N) is 2. The number of fused-ring (bicyclic) bond motifs is 1. The van der Waals surface area contributed by atoms with Crippen molar-refractivity contribution in [2.75, 3.05) is 6.79 Å². The third kappa shape index (κ3) is 3.78. The van der Waals surface area contributed by atoms with Crippen LogP contribution in [-0.2, 0) is 0 Å². The first-order valence-corrected chi connectivity index (χ1v) is 7.85. The smallest absolute Gasteiger partial charge is 0.274 e. The van der Waals surface area contributed by atoms with E-state index in [1.807, 2.05) is 0 Å². The van der Waals surface area contributed by atoms with Gasteiger partial charge in [-0.2, -0.15) is 5.10 Å². The maximum atomic E-state index is 12.1. The number of halogens is 1. The molecule has 0 radical (unpaired) electrons. The molecule has 25 heavy (non-hydrogen) atoms. The minimum Gasteiger partial charge on any atom is -0.454 e. The van der Waals surface area contributed by atoms with Gasteiger partial charge in [-0.25, -0.2) is 10.9 Å². The summed E-state index contributed by atoms with van der Waals surface area (Å²) in [6.07, 6.45) is 1.45. The molecule has 9 heteroatoms. The van der Waals surface area contributed by atoms with Crippen LogP contribution in [0, 0.1) is 0 Å². The van der Waals surface area contributed by atoms with Crippen LogP contribution in [0.5, 0.6) is 11.5 Å². The van der Waals surface area contributed by atoms with E-state index < -0.39 is 11.8 Å². The Morgan fingerprint density at radius 2 is 1.80 bits per heavy atom. The molecular weight excluding hydrogens is 394 g/mol. The zero-order valence-electron chi connectivity index (χ0n) is 12.7. The van der Waals surface area contributed by atoms with E-state index in [1.54, 1.807) is 12.1 Å². The lowest BCUT2D eigenvalue weighted by Crippen LogP contribution is -2.21. The molecule has 1 aliphatic rings. The minimum absolute atomic E-state index is 0.151. The molecule has 3 rings (SSSR count). The van der Waals surface area contributed by atoms with E-state index in [2.05, 4.69) is 26.5 Å². The molecule has 2 amide bonds. The van der Waals surface area contributed by atoms with Gasteiger partial charge in [-0.05, 0) is 46.3 Å². The molecule has 128 valence electrons. The molecule has 0 aromatic heterocycles. The SMILES string of the molecule is O=C(NO)c1cccc(C(=O)N/N=C/c2cc3c(cc2Br)OCO3)c1. The van der Waals surface area contributed by atoms with Gasteiger partial charge in [-0.1, -0.05) is 6.07 Å². The van der Waals surface area contributed by atoms with Crippen molar-refractivity contribution in [3.63, 3.8) is 0 Å². The number of hydrogen-bond donors (Lipinski definition) is 3. The second-order valence-corrected chi connectivity index (χ2v) is 5.80. The summed E-state index contributed by atoms with van der Waals surface area (Å²) in [5.41, 5.74) is 4.95. The van der Waals surface area contributed by atoms with E-state index in [-0.39, 0.29) is 17.9 Å². The van der Waals surface area contributed by atoms with E-state index >= 15 is 0 Å². The second kappa shape index (κ2) is 7.32. The van der Waals surface area contributed by atoms with Crippen LogP contribution in [0.4, 0.5) is 0 Å². The largest absolute Gasteiger partial charge is 0.454 e. The predicted molar refractivity (Wildman–Crippen MR) is 91.0 cm³/mol. The number of amides is 2. The first kappa shape index (κ1) is 16.9. The Morgan fingerprint density at radius 1 is 1.12 bits per heavy atom. The molecule has 3 N–H and O–H groups in total. The number of ether oxygens (including phenoxy) is 2. The van der Waals surface area contributed by atoms with Crippen LogP contribution in [0.2, 0.25) is 0 Å². The maximum absolute atomic E-state index is 12.1. The Hall–Kier alpha value is -2.91. The highest BCUT2D eigenvalue weighted by Crippen LogP contribution is 2.36. The summed E-state index contributed by atoms with van der Waals surface area (Å²) in [5, 5.41) is 12.5. The van der Waals surface area contributed by atoms with Crippen molar-refractivity contribution < 1.29 is 24.3 Å². The number of carbonyl (C=O) groups is 2. The van der Waals surface area contributed by atoms with Crippen molar-refractivity contribution >= 4 is 34.0 Å². The summed E-state index contributed by atoms with van der Waals surface area (Å²) in [4.78, 5) is 23.5. The molecule has 0 aliphatic carbocycles. The first-order valence-electron chi connectivity index (χ1n) is 7.05. The fraction of sp³-hybridized carbons (Fsp3) is 0.0625. The Bertz CT molecular complexity index is 869. The lowest BCUT2D eigenvalue weighted by atomic mass is 10.1. The Morgan fingerprint density at radius 3 is 2.52 bits per heavy atom. The van der Waals surface area contributed by atoms with Crippen LogP contribution in [0.15, 0.2) is 46.0 Å². The van der Waals surface area contributed by atoms with Crippen molar-refractivity contribution in [1.29, 1.82) is 0 Å². The van der Waals surface area contributed by atoms with E-state index in [9.17, 15) is 9.59 Å².